The van der Waals surface area contributed by atoms with Gasteiger partial charge in [0.15, 0.2) is 11.5 Å². The van der Waals surface area contributed by atoms with Crippen molar-refractivity contribution in [3.8, 4) is 23.0 Å². The summed E-state index contributed by atoms with van der Waals surface area (Å²) < 4.78 is 16.0. The summed E-state index contributed by atoms with van der Waals surface area (Å²) in [7, 11) is 3.05. The molecule has 5 nitrogen and oxygen atoms in total. The zero-order valence-electron chi connectivity index (χ0n) is 10.4. The van der Waals surface area contributed by atoms with Crippen molar-refractivity contribution in [3.05, 3.63) is 34.5 Å². The van der Waals surface area contributed by atoms with Crippen LogP contribution in [0.5, 0.6) is 23.0 Å². The normalized spacial score (nSPS) is 10.0. The van der Waals surface area contributed by atoms with Gasteiger partial charge in [-0.3, -0.25) is 0 Å². The van der Waals surface area contributed by atoms with Crippen molar-refractivity contribution in [3.63, 3.8) is 0 Å². The van der Waals surface area contributed by atoms with Crippen molar-refractivity contribution in [1.82, 2.24) is 0 Å². The van der Waals surface area contributed by atoms with Crippen LogP contribution in [0.1, 0.15) is 9.67 Å². The van der Waals surface area contributed by atoms with Crippen LogP contribution < -0.4 is 14.2 Å². The van der Waals surface area contributed by atoms with Crippen LogP contribution in [0, 0.1) is 0 Å². The number of methoxy groups -OCH3 is 2. The highest BCUT2D eigenvalue weighted by atomic mass is 32.1. The van der Waals surface area contributed by atoms with Crippen LogP contribution in [0.15, 0.2) is 29.6 Å². The zero-order valence-corrected chi connectivity index (χ0v) is 11.2. The van der Waals surface area contributed by atoms with Gasteiger partial charge >= 0.3 is 5.97 Å². The van der Waals surface area contributed by atoms with Crippen LogP contribution in [0.3, 0.4) is 0 Å². The molecule has 0 radical (unpaired) electrons. The van der Waals surface area contributed by atoms with E-state index in [0.717, 1.165) is 11.3 Å². The van der Waals surface area contributed by atoms with Crippen molar-refractivity contribution >= 4 is 17.3 Å². The van der Waals surface area contributed by atoms with Gasteiger partial charge in [-0.25, -0.2) is 4.79 Å². The van der Waals surface area contributed by atoms with E-state index in [0.29, 0.717) is 23.0 Å². The molecule has 0 saturated carbocycles. The first-order chi connectivity index (χ1) is 9.15. The monoisotopic (exact) mass is 280 g/mol. The number of aromatic carboxylic acids is 1. The van der Waals surface area contributed by atoms with E-state index in [-0.39, 0.29) is 4.88 Å². The summed E-state index contributed by atoms with van der Waals surface area (Å²) in [5.41, 5.74) is 0. The highest BCUT2D eigenvalue weighted by Gasteiger charge is 2.14. The van der Waals surface area contributed by atoms with Gasteiger partial charge in [0.25, 0.3) is 0 Å². The van der Waals surface area contributed by atoms with E-state index in [1.807, 2.05) is 0 Å². The van der Waals surface area contributed by atoms with Crippen molar-refractivity contribution in [1.29, 1.82) is 0 Å². The summed E-state index contributed by atoms with van der Waals surface area (Å²) >= 11 is 1.10. The Hall–Kier alpha value is -2.21. The van der Waals surface area contributed by atoms with Crippen molar-refractivity contribution in [2.45, 2.75) is 0 Å². The Bertz CT molecular complexity index is 568. The third-order valence-corrected chi connectivity index (χ3v) is 3.29. The minimum absolute atomic E-state index is 0.212. The maximum atomic E-state index is 10.8. The first-order valence-electron chi connectivity index (χ1n) is 5.36. The highest BCUT2D eigenvalue weighted by molar-refractivity contribution is 7.12. The minimum atomic E-state index is -0.980. The number of hydrogen-bond acceptors (Lipinski definition) is 5. The number of rotatable bonds is 5. The highest BCUT2D eigenvalue weighted by Crippen LogP contribution is 2.40. The van der Waals surface area contributed by atoms with Gasteiger partial charge in [-0.05, 0) is 12.1 Å². The van der Waals surface area contributed by atoms with E-state index in [2.05, 4.69) is 0 Å². The number of thiophene rings is 1. The van der Waals surface area contributed by atoms with Gasteiger partial charge in [-0.15, -0.1) is 11.3 Å². The van der Waals surface area contributed by atoms with Crippen LogP contribution >= 0.6 is 11.3 Å². The summed E-state index contributed by atoms with van der Waals surface area (Å²) in [5.74, 6) is 0.907. The maximum absolute atomic E-state index is 10.8. The average Bonchev–Trinajstić information content (AvgIpc) is 2.87. The Labute approximate surface area is 114 Å². The minimum Gasteiger partial charge on any atom is -0.493 e. The molecule has 0 amide bonds. The van der Waals surface area contributed by atoms with E-state index in [4.69, 9.17) is 19.3 Å². The molecule has 0 spiro atoms. The van der Waals surface area contributed by atoms with E-state index >= 15 is 0 Å². The fraction of sp³-hybridized carbons (Fsp3) is 0.154. The molecular formula is C13H12O5S. The van der Waals surface area contributed by atoms with Gasteiger partial charge in [0, 0.05) is 11.4 Å². The third kappa shape index (κ3) is 2.79. The lowest BCUT2D eigenvalue weighted by atomic mass is 10.3. The Morgan fingerprint density at radius 3 is 2.32 bits per heavy atom. The number of carbonyl (C=O) groups is 1. The molecule has 0 bridgehead atoms. The molecule has 1 aromatic carbocycles. The van der Waals surface area contributed by atoms with Crippen LogP contribution in [0.2, 0.25) is 0 Å². The van der Waals surface area contributed by atoms with Gasteiger partial charge in [0.2, 0.25) is 5.75 Å². The summed E-state index contributed by atoms with van der Waals surface area (Å²) in [4.78, 5) is 11.0. The molecule has 100 valence electrons. The second-order valence-electron chi connectivity index (χ2n) is 3.55. The number of benzene rings is 1. The van der Waals surface area contributed by atoms with Crippen LogP contribution in [-0.2, 0) is 0 Å². The fourth-order valence-electron chi connectivity index (χ4n) is 1.52. The lowest BCUT2D eigenvalue weighted by molar-refractivity contribution is 0.0702. The Kier molecular flexibility index (Phi) is 3.91. The van der Waals surface area contributed by atoms with Gasteiger partial charge < -0.3 is 19.3 Å². The van der Waals surface area contributed by atoms with Crippen molar-refractivity contribution in [2.75, 3.05) is 14.2 Å². The molecular weight excluding hydrogens is 268 g/mol. The number of hydrogen-bond donors (Lipinski definition) is 1. The molecule has 2 aromatic rings. The maximum Gasteiger partial charge on any atom is 0.346 e. The summed E-state index contributed by atoms with van der Waals surface area (Å²) in [5, 5.41) is 10.5. The van der Waals surface area contributed by atoms with Gasteiger partial charge in [-0.2, -0.15) is 0 Å². The molecule has 2 rings (SSSR count). The predicted molar refractivity (Wildman–Crippen MR) is 70.9 cm³/mol. The number of carboxylic acids is 1. The van der Waals surface area contributed by atoms with Crippen LogP contribution in [-0.4, -0.2) is 25.3 Å². The Morgan fingerprint density at radius 2 is 1.84 bits per heavy atom. The molecule has 0 saturated heterocycles. The second kappa shape index (κ2) is 5.62. The average molecular weight is 280 g/mol. The van der Waals surface area contributed by atoms with Crippen molar-refractivity contribution in [2.24, 2.45) is 0 Å². The number of para-hydroxylation sites is 1. The second-order valence-corrected chi connectivity index (χ2v) is 4.46. The topological polar surface area (TPSA) is 65.0 Å². The third-order valence-electron chi connectivity index (χ3n) is 2.39. The summed E-state index contributed by atoms with van der Waals surface area (Å²) in [6.07, 6.45) is 0. The predicted octanol–water partition coefficient (Wildman–Crippen LogP) is 3.26. The van der Waals surface area contributed by atoms with E-state index < -0.39 is 5.97 Å². The van der Waals surface area contributed by atoms with Gasteiger partial charge in [0.05, 0.1) is 14.2 Å². The van der Waals surface area contributed by atoms with E-state index in [1.54, 1.807) is 23.6 Å². The quantitative estimate of drug-likeness (QED) is 0.910. The van der Waals surface area contributed by atoms with Crippen LogP contribution in [0.4, 0.5) is 0 Å². The van der Waals surface area contributed by atoms with Crippen molar-refractivity contribution < 1.29 is 24.1 Å². The lowest BCUT2D eigenvalue weighted by Crippen LogP contribution is -1.94. The Balaban J connectivity index is 2.33. The Morgan fingerprint density at radius 1 is 1.21 bits per heavy atom. The molecule has 1 aromatic heterocycles. The smallest absolute Gasteiger partial charge is 0.346 e. The lowest BCUT2D eigenvalue weighted by Gasteiger charge is -2.12. The molecule has 0 aliphatic heterocycles. The standard InChI is InChI=1S/C13H12O5S/c1-16-9-4-3-5-10(17-2)12(9)18-8-6-11(13(14)15)19-7-8/h3-7H,1-2H3,(H,14,15). The number of ether oxygens (including phenoxy) is 3. The first-order valence-corrected chi connectivity index (χ1v) is 6.24. The fourth-order valence-corrected chi connectivity index (χ4v) is 2.16. The summed E-state index contributed by atoms with van der Waals surface area (Å²) in [6.45, 7) is 0. The molecule has 0 aliphatic carbocycles. The molecule has 1 N–H and O–H groups in total. The molecule has 1 heterocycles. The van der Waals surface area contributed by atoms with E-state index in [9.17, 15) is 4.79 Å². The molecule has 0 unspecified atom stereocenters. The number of carboxylic acid groups (broad SMARTS) is 1. The SMILES string of the molecule is COc1cccc(OC)c1Oc1csc(C(=O)O)c1. The summed E-state index contributed by atoms with van der Waals surface area (Å²) in [6, 6.07) is 6.71. The largest absolute Gasteiger partial charge is 0.493 e. The van der Waals surface area contributed by atoms with Crippen LogP contribution in [0.25, 0.3) is 0 Å². The van der Waals surface area contributed by atoms with E-state index in [1.165, 1.54) is 20.3 Å². The molecule has 6 heteroatoms. The van der Waals surface area contributed by atoms with Gasteiger partial charge in [-0.1, -0.05) is 6.07 Å². The first kappa shape index (κ1) is 13.2. The van der Waals surface area contributed by atoms with Gasteiger partial charge in [0.1, 0.15) is 10.6 Å². The molecule has 0 fully saturated rings. The molecule has 19 heavy (non-hydrogen) atoms. The molecule has 0 atom stereocenters. The zero-order chi connectivity index (χ0) is 13.8. The molecule has 0 aliphatic rings.